The molecule has 0 aromatic rings. The summed E-state index contributed by atoms with van der Waals surface area (Å²) in [4.78, 5) is 0. The molecule has 3 atom stereocenters. The Bertz CT molecular complexity index is 196. The van der Waals surface area contributed by atoms with Crippen LogP contribution in [0.4, 0.5) is 0 Å². The number of aliphatic hydroxyl groups is 1. The lowest BCUT2D eigenvalue weighted by Crippen LogP contribution is -2.54. The van der Waals surface area contributed by atoms with Gasteiger partial charge in [0.15, 0.2) is 0 Å². The second-order valence-corrected chi connectivity index (χ2v) is 5.02. The van der Waals surface area contributed by atoms with Crippen molar-refractivity contribution >= 4 is 0 Å². The first-order valence-corrected chi connectivity index (χ1v) is 6.64. The Morgan fingerprint density at radius 3 is 2.53 bits per heavy atom. The Hall–Kier alpha value is -0.160. The molecule has 1 N–H and O–H groups in total. The van der Waals surface area contributed by atoms with Crippen LogP contribution in [0.2, 0.25) is 0 Å². The highest BCUT2D eigenvalue weighted by atomic mass is 16.6. The maximum Gasteiger partial charge on any atom is 0.110 e. The van der Waals surface area contributed by atoms with Gasteiger partial charge in [-0.25, -0.2) is 0 Å². The molecule has 0 radical (unpaired) electrons. The molecule has 4 nitrogen and oxygen atoms in total. The Kier molecular flexibility index (Phi) is 7.04. The number of ether oxygens (including phenoxy) is 3. The Morgan fingerprint density at radius 2 is 1.94 bits per heavy atom. The maximum atomic E-state index is 9.54. The number of rotatable bonds is 9. The molecule has 0 bridgehead atoms. The van der Waals surface area contributed by atoms with Crippen LogP contribution in [0, 0.1) is 5.92 Å². The van der Waals surface area contributed by atoms with Crippen LogP contribution in [0.3, 0.4) is 0 Å². The van der Waals surface area contributed by atoms with Gasteiger partial charge < -0.3 is 19.3 Å². The average molecular weight is 246 g/mol. The Morgan fingerprint density at radius 1 is 1.18 bits per heavy atom. The van der Waals surface area contributed by atoms with Crippen LogP contribution in [0.15, 0.2) is 0 Å². The summed E-state index contributed by atoms with van der Waals surface area (Å²) in [5.41, 5.74) is 0. The van der Waals surface area contributed by atoms with Gasteiger partial charge in [0, 0.05) is 19.6 Å². The van der Waals surface area contributed by atoms with Crippen molar-refractivity contribution in [1.29, 1.82) is 0 Å². The van der Waals surface area contributed by atoms with Gasteiger partial charge in [0.25, 0.3) is 0 Å². The van der Waals surface area contributed by atoms with Crippen LogP contribution in [-0.4, -0.2) is 49.8 Å². The van der Waals surface area contributed by atoms with Gasteiger partial charge in [-0.1, -0.05) is 20.8 Å². The summed E-state index contributed by atoms with van der Waals surface area (Å²) in [6, 6.07) is 0. The molecule has 0 heterocycles. The van der Waals surface area contributed by atoms with E-state index in [1.807, 2.05) is 0 Å². The van der Waals surface area contributed by atoms with E-state index in [-0.39, 0.29) is 18.3 Å². The van der Waals surface area contributed by atoms with Crippen LogP contribution in [-0.2, 0) is 14.2 Å². The van der Waals surface area contributed by atoms with Gasteiger partial charge in [-0.2, -0.15) is 0 Å². The summed E-state index contributed by atoms with van der Waals surface area (Å²) < 4.78 is 16.6. The highest BCUT2D eigenvalue weighted by Crippen LogP contribution is 2.27. The van der Waals surface area contributed by atoms with Crippen molar-refractivity contribution in [2.45, 2.75) is 51.9 Å². The predicted octanol–water partition coefficient (Wildman–Crippen LogP) is 1.60. The lowest BCUT2D eigenvalue weighted by molar-refractivity contribution is -0.195. The molecule has 1 aliphatic rings. The van der Waals surface area contributed by atoms with E-state index >= 15 is 0 Å². The third-order valence-electron chi connectivity index (χ3n) is 2.74. The zero-order valence-electron chi connectivity index (χ0n) is 11.2. The molecule has 17 heavy (non-hydrogen) atoms. The first-order valence-electron chi connectivity index (χ1n) is 6.64. The predicted molar refractivity (Wildman–Crippen MR) is 66.1 cm³/mol. The second kappa shape index (κ2) is 8.03. The second-order valence-electron chi connectivity index (χ2n) is 5.02. The maximum absolute atomic E-state index is 9.54. The fraction of sp³-hybridized carbons (Fsp3) is 1.00. The van der Waals surface area contributed by atoms with Gasteiger partial charge in [0.05, 0.1) is 25.4 Å². The monoisotopic (exact) mass is 246 g/mol. The van der Waals surface area contributed by atoms with E-state index in [9.17, 15) is 5.11 Å². The van der Waals surface area contributed by atoms with Crippen molar-refractivity contribution in [3.05, 3.63) is 0 Å². The number of hydrogen-bond donors (Lipinski definition) is 1. The first-order chi connectivity index (χ1) is 8.15. The standard InChI is InChI=1S/C13H26O4/c1-4-5-17-13-11(14)8-12(13)16-7-6-15-9-10(2)3/h10-14H,4-9H2,1-3H3. The minimum atomic E-state index is -0.358. The molecule has 0 aliphatic heterocycles. The quantitative estimate of drug-likeness (QED) is 0.628. The Labute approximate surface area is 104 Å². The molecule has 0 amide bonds. The highest BCUT2D eigenvalue weighted by molar-refractivity contribution is 4.91. The van der Waals surface area contributed by atoms with Crippen LogP contribution in [0.5, 0.6) is 0 Å². The van der Waals surface area contributed by atoms with E-state index in [2.05, 4.69) is 20.8 Å². The van der Waals surface area contributed by atoms with Crippen molar-refractivity contribution in [2.24, 2.45) is 5.92 Å². The highest BCUT2D eigenvalue weighted by Gasteiger charge is 2.41. The summed E-state index contributed by atoms with van der Waals surface area (Å²) in [5.74, 6) is 0.557. The van der Waals surface area contributed by atoms with Gasteiger partial charge >= 0.3 is 0 Å². The molecule has 0 aromatic carbocycles. The largest absolute Gasteiger partial charge is 0.390 e. The molecular weight excluding hydrogens is 220 g/mol. The summed E-state index contributed by atoms with van der Waals surface area (Å²) >= 11 is 0. The fourth-order valence-corrected chi connectivity index (χ4v) is 1.77. The molecule has 102 valence electrons. The van der Waals surface area contributed by atoms with Gasteiger partial charge in [-0.3, -0.25) is 0 Å². The smallest absolute Gasteiger partial charge is 0.110 e. The van der Waals surface area contributed by atoms with E-state index in [1.54, 1.807) is 0 Å². The van der Waals surface area contributed by atoms with Crippen molar-refractivity contribution in [2.75, 3.05) is 26.4 Å². The summed E-state index contributed by atoms with van der Waals surface area (Å²) in [5, 5.41) is 9.54. The average Bonchev–Trinajstić information content (AvgIpc) is 2.27. The third kappa shape index (κ3) is 5.34. The fourth-order valence-electron chi connectivity index (χ4n) is 1.77. The zero-order chi connectivity index (χ0) is 12.7. The summed E-state index contributed by atoms with van der Waals surface area (Å²) in [6.45, 7) is 8.95. The number of hydrogen-bond acceptors (Lipinski definition) is 4. The van der Waals surface area contributed by atoms with Crippen molar-refractivity contribution < 1.29 is 19.3 Å². The van der Waals surface area contributed by atoms with Gasteiger partial charge in [-0.05, 0) is 12.3 Å². The lowest BCUT2D eigenvalue weighted by Gasteiger charge is -2.40. The molecule has 3 unspecified atom stereocenters. The van der Waals surface area contributed by atoms with E-state index in [4.69, 9.17) is 14.2 Å². The van der Waals surface area contributed by atoms with Gasteiger partial charge in [0.1, 0.15) is 6.10 Å². The molecule has 1 aliphatic carbocycles. The SMILES string of the molecule is CCCOC1C(O)CC1OCCOCC(C)C. The number of aliphatic hydroxyl groups excluding tert-OH is 1. The molecule has 1 fully saturated rings. The minimum Gasteiger partial charge on any atom is -0.390 e. The van der Waals surface area contributed by atoms with E-state index in [1.165, 1.54) is 0 Å². The summed E-state index contributed by atoms with van der Waals surface area (Å²) in [6.07, 6.45) is 1.19. The third-order valence-corrected chi connectivity index (χ3v) is 2.74. The Balaban J connectivity index is 2.03. The van der Waals surface area contributed by atoms with Crippen molar-refractivity contribution in [3.63, 3.8) is 0 Å². The molecular formula is C13H26O4. The van der Waals surface area contributed by atoms with Crippen LogP contribution >= 0.6 is 0 Å². The molecule has 0 spiro atoms. The summed E-state index contributed by atoms with van der Waals surface area (Å²) in [7, 11) is 0. The van der Waals surface area contributed by atoms with Crippen molar-refractivity contribution in [1.82, 2.24) is 0 Å². The van der Waals surface area contributed by atoms with Crippen LogP contribution in [0.1, 0.15) is 33.6 Å². The van der Waals surface area contributed by atoms with E-state index in [0.29, 0.717) is 32.2 Å². The zero-order valence-corrected chi connectivity index (χ0v) is 11.2. The minimum absolute atomic E-state index is 0.0409. The lowest BCUT2D eigenvalue weighted by atomic mass is 9.88. The van der Waals surface area contributed by atoms with Gasteiger partial charge in [-0.15, -0.1) is 0 Å². The normalized spacial score (nSPS) is 28.4. The topological polar surface area (TPSA) is 47.9 Å². The molecule has 1 rings (SSSR count). The van der Waals surface area contributed by atoms with Crippen LogP contribution < -0.4 is 0 Å². The van der Waals surface area contributed by atoms with E-state index < -0.39 is 0 Å². The molecule has 0 aromatic heterocycles. The van der Waals surface area contributed by atoms with Crippen molar-refractivity contribution in [3.8, 4) is 0 Å². The first kappa shape index (κ1) is 14.9. The molecule has 1 saturated carbocycles. The van der Waals surface area contributed by atoms with Crippen LogP contribution in [0.25, 0.3) is 0 Å². The molecule has 4 heteroatoms. The van der Waals surface area contributed by atoms with Gasteiger partial charge in [0.2, 0.25) is 0 Å². The van der Waals surface area contributed by atoms with E-state index in [0.717, 1.165) is 13.0 Å². The molecule has 0 saturated heterocycles.